The van der Waals surface area contributed by atoms with Crippen LogP contribution in [0.25, 0.3) is 17.0 Å². The molecule has 0 bridgehead atoms. The minimum atomic E-state index is -4.85. The van der Waals surface area contributed by atoms with E-state index in [1.807, 2.05) is 0 Å². The average Bonchev–Trinajstić information content (AvgIpc) is 3.08. The molecule has 3 aromatic heterocycles. The molecule has 0 fully saturated rings. The van der Waals surface area contributed by atoms with Crippen molar-refractivity contribution in [1.29, 1.82) is 0 Å². The van der Waals surface area contributed by atoms with Crippen LogP contribution in [0, 0.1) is 0 Å². The summed E-state index contributed by atoms with van der Waals surface area (Å²) in [5, 5.41) is 20.3. The first-order chi connectivity index (χ1) is 12.7. The Morgan fingerprint density at radius 3 is 2.48 bits per heavy atom. The summed E-state index contributed by atoms with van der Waals surface area (Å²) < 4.78 is 39.3. The molecule has 0 aliphatic heterocycles. The number of esters is 1. The predicted molar refractivity (Wildman–Crippen MR) is 79.9 cm³/mol. The summed E-state index contributed by atoms with van der Waals surface area (Å²) in [5.74, 6) is -2.64. The van der Waals surface area contributed by atoms with Gasteiger partial charge in [0.05, 0.1) is 19.0 Å². The lowest BCUT2D eigenvalue weighted by Crippen LogP contribution is -2.36. The fourth-order valence-corrected chi connectivity index (χ4v) is 1.78. The van der Waals surface area contributed by atoms with Gasteiger partial charge in [-0.05, 0) is 0 Å². The second kappa shape index (κ2) is 8.16. The number of rotatable bonds is 3. The van der Waals surface area contributed by atoms with E-state index in [1.54, 1.807) is 35.3 Å². The van der Waals surface area contributed by atoms with Gasteiger partial charge in [0.2, 0.25) is 6.54 Å². The molecular weight excluding hydrogens is 373 g/mol. The number of methoxy groups -OCH3 is 1. The van der Waals surface area contributed by atoms with Crippen LogP contribution in [0.5, 0.6) is 0 Å². The van der Waals surface area contributed by atoms with E-state index in [-0.39, 0.29) is 6.54 Å². The van der Waals surface area contributed by atoms with E-state index in [4.69, 9.17) is 5.11 Å². The summed E-state index contributed by atoms with van der Waals surface area (Å²) >= 11 is 0. The Hall–Kier alpha value is -3.64. The SMILES string of the molecule is COC(=O)C(F)(F)F.O=C(O)C[n+]1ccc(-c2cnn3cnnc3n2)cc1. The molecular formula is C14H12F3N6O4+. The van der Waals surface area contributed by atoms with E-state index in [2.05, 4.69) is 25.0 Å². The Balaban J connectivity index is 0.000000279. The number of ether oxygens (including phenoxy) is 1. The van der Waals surface area contributed by atoms with E-state index in [9.17, 15) is 22.8 Å². The van der Waals surface area contributed by atoms with Crippen LogP contribution in [0.4, 0.5) is 13.2 Å². The number of aliphatic carboxylic acids is 1. The number of nitrogens with zero attached hydrogens (tertiary/aromatic N) is 6. The van der Waals surface area contributed by atoms with Crippen molar-refractivity contribution in [2.75, 3.05) is 7.11 Å². The molecule has 142 valence electrons. The number of carboxylic acids is 1. The number of pyridine rings is 1. The standard InChI is InChI=1S/C11H8N6O2.C3H3F3O2/c18-10(19)6-16-3-1-8(2-4-16)9-5-13-17-7-12-15-11(17)14-9;1-8-2(7)3(4,5)6/h1-5,7H,6H2;1H3/p+1. The molecule has 13 heteroatoms. The highest BCUT2D eigenvalue weighted by Crippen LogP contribution is 2.15. The molecule has 0 aliphatic rings. The van der Waals surface area contributed by atoms with E-state index < -0.39 is 18.1 Å². The predicted octanol–water partition coefficient (Wildman–Crippen LogP) is 0.280. The molecule has 0 saturated heterocycles. The summed E-state index contributed by atoms with van der Waals surface area (Å²) in [6.45, 7) is -0.0742. The summed E-state index contributed by atoms with van der Waals surface area (Å²) in [7, 11) is 0.676. The van der Waals surface area contributed by atoms with Crippen molar-refractivity contribution >= 4 is 17.7 Å². The molecule has 10 nitrogen and oxygen atoms in total. The first-order valence-corrected chi connectivity index (χ1v) is 7.10. The molecule has 3 rings (SSSR count). The average molecular weight is 385 g/mol. The van der Waals surface area contributed by atoms with Crippen LogP contribution in [0.3, 0.4) is 0 Å². The molecule has 0 atom stereocenters. The van der Waals surface area contributed by atoms with Gasteiger partial charge in [0.1, 0.15) is 6.33 Å². The second-order valence-corrected chi connectivity index (χ2v) is 4.86. The van der Waals surface area contributed by atoms with Gasteiger partial charge in [0, 0.05) is 17.7 Å². The van der Waals surface area contributed by atoms with E-state index in [0.717, 1.165) is 5.56 Å². The van der Waals surface area contributed by atoms with Crippen LogP contribution in [0.2, 0.25) is 0 Å². The Morgan fingerprint density at radius 1 is 1.30 bits per heavy atom. The maximum Gasteiger partial charge on any atom is 0.490 e. The highest BCUT2D eigenvalue weighted by atomic mass is 19.4. The van der Waals surface area contributed by atoms with Crippen molar-refractivity contribution in [3.05, 3.63) is 37.1 Å². The van der Waals surface area contributed by atoms with Gasteiger partial charge < -0.3 is 9.84 Å². The maximum absolute atomic E-state index is 11.0. The molecule has 3 heterocycles. The van der Waals surface area contributed by atoms with Gasteiger partial charge in [-0.1, -0.05) is 0 Å². The van der Waals surface area contributed by atoms with Crippen LogP contribution in [0.1, 0.15) is 0 Å². The molecule has 27 heavy (non-hydrogen) atoms. The lowest BCUT2D eigenvalue weighted by Gasteiger charge is -1.99. The van der Waals surface area contributed by atoms with Gasteiger partial charge in [-0.15, -0.1) is 10.2 Å². The number of alkyl halides is 3. The normalized spacial score (nSPS) is 10.8. The highest BCUT2D eigenvalue weighted by molar-refractivity contribution is 5.75. The van der Waals surface area contributed by atoms with Crippen molar-refractivity contribution in [3.8, 4) is 11.3 Å². The summed E-state index contributed by atoms with van der Waals surface area (Å²) in [6, 6.07) is 3.56. The number of hydrogen-bond donors (Lipinski definition) is 1. The number of aromatic nitrogens is 6. The van der Waals surface area contributed by atoms with Crippen molar-refractivity contribution in [1.82, 2.24) is 24.8 Å². The van der Waals surface area contributed by atoms with E-state index in [1.165, 1.54) is 10.8 Å². The summed E-state index contributed by atoms with van der Waals surface area (Å²) in [4.78, 5) is 24.4. The number of fused-ring (bicyclic) bond motifs is 1. The monoisotopic (exact) mass is 385 g/mol. The summed E-state index contributed by atoms with van der Waals surface area (Å²) in [6.07, 6.45) is 1.58. The molecule has 0 aromatic carbocycles. The Bertz CT molecular complexity index is 942. The van der Waals surface area contributed by atoms with Gasteiger partial charge in [-0.2, -0.15) is 27.4 Å². The molecule has 0 radical (unpaired) electrons. The maximum atomic E-state index is 11.0. The highest BCUT2D eigenvalue weighted by Gasteiger charge is 2.40. The first-order valence-electron chi connectivity index (χ1n) is 7.10. The summed E-state index contributed by atoms with van der Waals surface area (Å²) in [5.41, 5.74) is 1.49. The fraction of sp³-hybridized carbons (Fsp3) is 0.214. The largest absolute Gasteiger partial charge is 0.490 e. The van der Waals surface area contributed by atoms with Crippen LogP contribution < -0.4 is 4.57 Å². The number of carbonyl (C=O) groups excluding carboxylic acids is 1. The van der Waals surface area contributed by atoms with Crippen molar-refractivity contribution in [2.45, 2.75) is 12.7 Å². The number of carbonyl (C=O) groups is 2. The molecule has 0 unspecified atom stereocenters. The quantitative estimate of drug-likeness (QED) is 0.504. The third kappa shape index (κ3) is 5.42. The Labute approximate surface area is 148 Å². The second-order valence-electron chi connectivity index (χ2n) is 4.86. The van der Waals surface area contributed by atoms with Gasteiger partial charge in [-0.3, -0.25) is 0 Å². The van der Waals surface area contributed by atoms with Gasteiger partial charge >= 0.3 is 18.1 Å². The molecule has 0 amide bonds. The zero-order chi connectivity index (χ0) is 20.0. The van der Waals surface area contributed by atoms with Gasteiger partial charge in [0.25, 0.3) is 5.78 Å². The van der Waals surface area contributed by atoms with Crippen molar-refractivity contribution in [3.63, 3.8) is 0 Å². The Kier molecular flexibility index (Phi) is 5.95. The van der Waals surface area contributed by atoms with E-state index >= 15 is 0 Å². The topological polar surface area (TPSA) is 123 Å². The Morgan fingerprint density at radius 2 is 1.96 bits per heavy atom. The molecule has 1 N–H and O–H groups in total. The minimum absolute atomic E-state index is 0.0742. The van der Waals surface area contributed by atoms with Gasteiger partial charge in [-0.25, -0.2) is 14.6 Å². The van der Waals surface area contributed by atoms with Crippen molar-refractivity contribution < 1.29 is 37.2 Å². The molecule has 0 saturated carbocycles. The lowest BCUT2D eigenvalue weighted by atomic mass is 10.2. The van der Waals surface area contributed by atoms with E-state index in [0.29, 0.717) is 18.6 Å². The van der Waals surface area contributed by atoms with Crippen LogP contribution >= 0.6 is 0 Å². The first kappa shape index (κ1) is 19.7. The van der Waals surface area contributed by atoms with Gasteiger partial charge in [0.15, 0.2) is 12.4 Å². The minimum Gasteiger partial charge on any atom is -0.477 e. The molecule has 0 aliphatic carbocycles. The third-order valence-corrected chi connectivity index (χ3v) is 2.96. The van der Waals surface area contributed by atoms with Crippen molar-refractivity contribution in [2.24, 2.45) is 0 Å². The number of hydrogen-bond acceptors (Lipinski definition) is 7. The lowest BCUT2D eigenvalue weighted by molar-refractivity contribution is -0.685. The molecule has 0 spiro atoms. The number of halogens is 3. The van der Waals surface area contributed by atoms with Crippen LogP contribution in [0.15, 0.2) is 37.1 Å². The fourth-order valence-electron chi connectivity index (χ4n) is 1.78. The van der Waals surface area contributed by atoms with Crippen LogP contribution in [-0.2, 0) is 20.9 Å². The zero-order valence-corrected chi connectivity index (χ0v) is 13.7. The van der Waals surface area contributed by atoms with Crippen LogP contribution in [-0.4, -0.2) is 55.1 Å². The smallest absolute Gasteiger partial charge is 0.477 e. The number of carboxylic acid groups (broad SMARTS) is 1. The molecule has 3 aromatic rings. The third-order valence-electron chi connectivity index (χ3n) is 2.96. The zero-order valence-electron chi connectivity index (χ0n) is 13.7.